The highest BCUT2D eigenvalue weighted by Crippen LogP contribution is 2.26. The number of aryl methyl sites for hydroxylation is 2. The largest absolute Gasteiger partial charge is 0.296 e. The molecule has 1 aromatic heterocycles. The second-order valence-electron chi connectivity index (χ2n) is 5.15. The third-order valence-corrected chi connectivity index (χ3v) is 3.49. The average Bonchev–Trinajstić information content (AvgIpc) is 2.91. The summed E-state index contributed by atoms with van der Waals surface area (Å²) < 4.78 is 15.1. The Labute approximate surface area is 127 Å². The van der Waals surface area contributed by atoms with Gasteiger partial charge in [-0.1, -0.05) is 35.0 Å². The van der Waals surface area contributed by atoms with E-state index in [0.717, 1.165) is 16.8 Å². The van der Waals surface area contributed by atoms with Crippen LogP contribution >= 0.6 is 0 Å². The summed E-state index contributed by atoms with van der Waals surface area (Å²) in [6.07, 6.45) is 0.632. The van der Waals surface area contributed by atoms with E-state index < -0.39 is 0 Å². The fourth-order valence-corrected chi connectivity index (χ4v) is 2.49. The SMILES string of the molecule is Cc1ccc(-n2nnc(C=O)c2-c2cccc(F)c2)c(C)c1. The van der Waals surface area contributed by atoms with Gasteiger partial charge in [0.2, 0.25) is 0 Å². The molecular formula is C17H14FN3O. The highest BCUT2D eigenvalue weighted by atomic mass is 19.1. The molecule has 0 saturated carbocycles. The van der Waals surface area contributed by atoms with E-state index in [1.54, 1.807) is 16.8 Å². The maximum atomic E-state index is 13.5. The Morgan fingerprint density at radius 3 is 2.64 bits per heavy atom. The van der Waals surface area contributed by atoms with Crippen LogP contribution in [-0.2, 0) is 0 Å². The lowest BCUT2D eigenvalue weighted by atomic mass is 10.1. The van der Waals surface area contributed by atoms with Crippen LogP contribution in [0, 0.1) is 19.7 Å². The number of nitrogens with zero attached hydrogens (tertiary/aromatic N) is 3. The first-order valence-corrected chi connectivity index (χ1v) is 6.84. The molecule has 0 fully saturated rings. The third-order valence-electron chi connectivity index (χ3n) is 3.49. The zero-order valence-electron chi connectivity index (χ0n) is 12.2. The molecule has 4 nitrogen and oxygen atoms in total. The highest BCUT2D eigenvalue weighted by molar-refractivity contribution is 5.84. The summed E-state index contributed by atoms with van der Waals surface area (Å²) in [6.45, 7) is 3.96. The van der Waals surface area contributed by atoms with Crippen LogP contribution in [0.15, 0.2) is 42.5 Å². The fourth-order valence-electron chi connectivity index (χ4n) is 2.49. The molecule has 0 saturated heterocycles. The smallest absolute Gasteiger partial charge is 0.172 e. The van der Waals surface area contributed by atoms with Crippen LogP contribution < -0.4 is 0 Å². The minimum Gasteiger partial charge on any atom is -0.296 e. The van der Waals surface area contributed by atoms with Gasteiger partial charge in [-0.05, 0) is 37.6 Å². The molecule has 0 aliphatic rings. The minimum atomic E-state index is -0.372. The fraction of sp³-hybridized carbons (Fsp3) is 0.118. The Kier molecular flexibility index (Phi) is 3.55. The van der Waals surface area contributed by atoms with Gasteiger partial charge in [-0.25, -0.2) is 9.07 Å². The summed E-state index contributed by atoms with van der Waals surface area (Å²) in [6, 6.07) is 11.9. The molecule has 0 spiro atoms. The maximum absolute atomic E-state index is 13.5. The predicted octanol–water partition coefficient (Wildman–Crippen LogP) is 3.50. The molecule has 0 unspecified atom stereocenters. The normalized spacial score (nSPS) is 10.7. The highest BCUT2D eigenvalue weighted by Gasteiger charge is 2.17. The van der Waals surface area contributed by atoms with Gasteiger partial charge in [0.05, 0.1) is 5.69 Å². The van der Waals surface area contributed by atoms with Crippen molar-refractivity contribution in [2.75, 3.05) is 0 Å². The van der Waals surface area contributed by atoms with Crippen LogP contribution in [0.2, 0.25) is 0 Å². The summed E-state index contributed by atoms with van der Waals surface area (Å²) in [4.78, 5) is 11.3. The summed E-state index contributed by atoms with van der Waals surface area (Å²) in [7, 11) is 0. The van der Waals surface area contributed by atoms with Gasteiger partial charge in [0.15, 0.2) is 12.0 Å². The van der Waals surface area contributed by atoms with Gasteiger partial charge in [0, 0.05) is 5.56 Å². The van der Waals surface area contributed by atoms with Crippen LogP contribution in [0.1, 0.15) is 21.6 Å². The van der Waals surface area contributed by atoms with Crippen molar-refractivity contribution < 1.29 is 9.18 Å². The number of aldehydes is 1. The third kappa shape index (κ3) is 2.41. The molecule has 0 amide bonds. The second-order valence-corrected chi connectivity index (χ2v) is 5.15. The summed E-state index contributed by atoms with van der Waals surface area (Å²) in [5, 5.41) is 7.97. The van der Waals surface area contributed by atoms with E-state index in [1.807, 2.05) is 32.0 Å². The van der Waals surface area contributed by atoms with Crippen LogP contribution in [0.25, 0.3) is 16.9 Å². The number of hydrogen-bond acceptors (Lipinski definition) is 3. The van der Waals surface area contributed by atoms with Gasteiger partial charge in [-0.3, -0.25) is 4.79 Å². The molecule has 0 aliphatic carbocycles. The molecule has 0 aliphatic heterocycles. The first-order valence-electron chi connectivity index (χ1n) is 6.84. The van der Waals surface area contributed by atoms with Crippen LogP contribution in [-0.4, -0.2) is 21.3 Å². The van der Waals surface area contributed by atoms with Crippen molar-refractivity contribution in [2.45, 2.75) is 13.8 Å². The Bertz CT molecular complexity index is 855. The van der Waals surface area contributed by atoms with Crippen molar-refractivity contribution in [2.24, 2.45) is 0 Å². The summed E-state index contributed by atoms with van der Waals surface area (Å²) in [5.74, 6) is -0.372. The molecule has 1 heterocycles. The number of aromatic nitrogens is 3. The second kappa shape index (κ2) is 5.52. The Balaban J connectivity index is 2.26. The molecular weight excluding hydrogens is 281 g/mol. The van der Waals surface area contributed by atoms with E-state index in [-0.39, 0.29) is 11.5 Å². The minimum absolute atomic E-state index is 0.186. The number of hydrogen-bond donors (Lipinski definition) is 0. The lowest BCUT2D eigenvalue weighted by molar-refractivity contribution is 0.111. The predicted molar refractivity (Wildman–Crippen MR) is 81.6 cm³/mol. The number of rotatable bonds is 3. The summed E-state index contributed by atoms with van der Waals surface area (Å²) >= 11 is 0. The molecule has 3 rings (SSSR count). The maximum Gasteiger partial charge on any atom is 0.172 e. The Hall–Kier alpha value is -2.82. The quantitative estimate of drug-likeness (QED) is 0.695. The van der Waals surface area contributed by atoms with Gasteiger partial charge < -0.3 is 0 Å². The van der Waals surface area contributed by atoms with E-state index in [1.165, 1.54) is 12.1 Å². The Morgan fingerprint density at radius 2 is 1.95 bits per heavy atom. The average molecular weight is 295 g/mol. The van der Waals surface area contributed by atoms with Crippen molar-refractivity contribution in [1.82, 2.24) is 15.0 Å². The first kappa shape index (κ1) is 14.1. The molecule has 0 atom stereocenters. The van der Waals surface area contributed by atoms with E-state index in [0.29, 0.717) is 17.5 Å². The van der Waals surface area contributed by atoms with Crippen LogP contribution in [0.5, 0.6) is 0 Å². The van der Waals surface area contributed by atoms with Crippen LogP contribution in [0.4, 0.5) is 4.39 Å². The number of carbonyl (C=O) groups is 1. The molecule has 110 valence electrons. The van der Waals surface area contributed by atoms with Gasteiger partial charge in [-0.2, -0.15) is 0 Å². The van der Waals surface area contributed by atoms with Crippen molar-refractivity contribution in [3.05, 3.63) is 65.1 Å². The van der Waals surface area contributed by atoms with E-state index in [2.05, 4.69) is 10.3 Å². The van der Waals surface area contributed by atoms with Crippen LogP contribution in [0.3, 0.4) is 0 Å². The zero-order valence-corrected chi connectivity index (χ0v) is 12.2. The zero-order chi connectivity index (χ0) is 15.7. The Morgan fingerprint density at radius 1 is 1.14 bits per heavy atom. The number of halogens is 1. The molecule has 22 heavy (non-hydrogen) atoms. The molecule has 0 N–H and O–H groups in total. The number of benzene rings is 2. The van der Waals surface area contributed by atoms with Crippen molar-refractivity contribution >= 4 is 6.29 Å². The first-order chi connectivity index (χ1) is 10.6. The lowest BCUT2D eigenvalue weighted by Crippen LogP contribution is -2.02. The topological polar surface area (TPSA) is 47.8 Å². The molecule has 5 heteroatoms. The van der Waals surface area contributed by atoms with E-state index in [4.69, 9.17) is 0 Å². The standard InChI is InChI=1S/C17H14FN3O/c1-11-6-7-16(12(2)8-11)21-17(15(10-22)19-20-21)13-4-3-5-14(18)9-13/h3-10H,1-2H3. The van der Waals surface area contributed by atoms with Crippen molar-refractivity contribution in [1.29, 1.82) is 0 Å². The van der Waals surface area contributed by atoms with Gasteiger partial charge in [-0.15, -0.1) is 5.10 Å². The monoisotopic (exact) mass is 295 g/mol. The van der Waals surface area contributed by atoms with Gasteiger partial charge >= 0.3 is 0 Å². The summed E-state index contributed by atoms with van der Waals surface area (Å²) in [5.41, 5.74) is 4.17. The number of carbonyl (C=O) groups excluding carboxylic acids is 1. The molecule has 3 aromatic rings. The van der Waals surface area contributed by atoms with Crippen molar-refractivity contribution in [3.8, 4) is 16.9 Å². The molecule has 0 radical (unpaired) electrons. The molecule has 0 bridgehead atoms. The van der Waals surface area contributed by atoms with Crippen molar-refractivity contribution in [3.63, 3.8) is 0 Å². The lowest BCUT2D eigenvalue weighted by Gasteiger charge is -2.10. The van der Waals surface area contributed by atoms with E-state index in [9.17, 15) is 9.18 Å². The molecule has 2 aromatic carbocycles. The van der Waals surface area contributed by atoms with Gasteiger partial charge in [0.25, 0.3) is 0 Å². The van der Waals surface area contributed by atoms with E-state index >= 15 is 0 Å². The van der Waals surface area contributed by atoms with Gasteiger partial charge in [0.1, 0.15) is 11.5 Å².